The van der Waals surface area contributed by atoms with Crippen molar-refractivity contribution in [2.75, 3.05) is 37.7 Å². The predicted molar refractivity (Wildman–Crippen MR) is 128 cm³/mol. The van der Waals surface area contributed by atoms with Crippen molar-refractivity contribution >= 4 is 11.7 Å². The van der Waals surface area contributed by atoms with Crippen LogP contribution < -0.4 is 4.90 Å². The summed E-state index contributed by atoms with van der Waals surface area (Å²) in [7, 11) is 0. The van der Waals surface area contributed by atoms with Gasteiger partial charge in [-0.3, -0.25) is 0 Å². The molecule has 5 rings (SSSR count). The molecule has 2 amide bonds. The number of morpholine rings is 1. The van der Waals surface area contributed by atoms with E-state index in [-0.39, 0.29) is 12.1 Å². The third-order valence-corrected chi connectivity index (χ3v) is 6.52. The lowest BCUT2D eigenvalue weighted by Crippen LogP contribution is -2.53. The maximum Gasteiger partial charge on any atom is 0.320 e. The Morgan fingerprint density at radius 3 is 2.74 bits per heavy atom. The van der Waals surface area contributed by atoms with E-state index in [1.165, 1.54) is 5.56 Å². The average molecular weight is 457 g/mol. The van der Waals surface area contributed by atoms with E-state index in [0.717, 1.165) is 23.4 Å². The summed E-state index contributed by atoms with van der Waals surface area (Å²) in [6, 6.07) is 18.3. The SMILES string of the molecule is N#Cc1ccc2c(c1)CN(C(=O)N1CCOCC1)C(Cc1ccccc1)CN2Cc1cnc[nH]1. The van der Waals surface area contributed by atoms with Gasteiger partial charge in [-0.1, -0.05) is 30.3 Å². The molecular weight excluding hydrogens is 428 g/mol. The monoisotopic (exact) mass is 456 g/mol. The fourth-order valence-corrected chi connectivity index (χ4v) is 4.80. The molecule has 1 unspecified atom stereocenters. The minimum Gasteiger partial charge on any atom is -0.378 e. The molecule has 2 aromatic carbocycles. The summed E-state index contributed by atoms with van der Waals surface area (Å²) in [5, 5.41) is 9.53. The number of fused-ring (bicyclic) bond motifs is 1. The molecule has 1 N–H and O–H groups in total. The van der Waals surface area contributed by atoms with Crippen LogP contribution >= 0.6 is 0 Å². The maximum absolute atomic E-state index is 13.8. The number of benzene rings is 2. The van der Waals surface area contributed by atoms with Crippen LogP contribution in [0.25, 0.3) is 0 Å². The second-order valence-electron chi connectivity index (χ2n) is 8.77. The molecule has 1 atom stereocenters. The lowest BCUT2D eigenvalue weighted by Gasteiger charge is -2.37. The highest BCUT2D eigenvalue weighted by atomic mass is 16.5. The topological polar surface area (TPSA) is 88.5 Å². The number of anilines is 1. The Kier molecular flexibility index (Phi) is 6.45. The number of aromatic nitrogens is 2. The summed E-state index contributed by atoms with van der Waals surface area (Å²) >= 11 is 0. The Hall–Kier alpha value is -3.83. The van der Waals surface area contributed by atoms with Crippen molar-refractivity contribution in [3.05, 3.63) is 83.4 Å². The second-order valence-corrected chi connectivity index (χ2v) is 8.77. The molecule has 2 aliphatic rings. The standard InChI is InChI=1S/C26H28N6O2/c27-14-21-6-7-25-22(12-21)16-32(26(33)30-8-10-34-11-9-30)24(13-20-4-2-1-3-5-20)18-31(25)17-23-15-28-19-29-23/h1-7,12,15,19,24H,8-11,13,16-18H2,(H,28,29). The molecule has 34 heavy (non-hydrogen) atoms. The maximum atomic E-state index is 13.8. The zero-order valence-corrected chi connectivity index (χ0v) is 19.1. The van der Waals surface area contributed by atoms with Gasteiger partial charge in [0.2, 0.25) is 0 Å². The van der Waals surface area contributed by atoms with Gasteiger partial charge in [0, 0.05) is 38.1 Å². The number of rotatable bonds is 4. The number of urea groups is 1. The first-order chi connectivity index (χ1) is 16.7. The first-order valence-electron chi connectivity index (χ1n) is 11.6. The summed E-state index contributed by atoms with van der Waals surface area (Å²) in [6.07, 6.45) is 4.26. The van der Waals surface area contributed by atoms with Crippen molar-refractivity contribution in [2.45, 2.75) is 25.6 Å². The third-order valence-electron chi connectivity index (χ3n) is 6.52. The molecule has 1 aromatic heterocycles. The van der Waals surface area contributed by atoms with Gasteiger partial charge in [-0.05, 0) is 35.7 Å². The summed E-state index contributed by atoms with van der Waals surface area (Å²) in [5.41, 5.74) is 4.82. The minimum absolute atomic E-state index is 0.0286. The molecule has 8 nitrogen and oxygen atoms in total. The van der Waals surface area contributed by atoms with Gasteiger partial charge in [0.25, 0.3) is 0 Å². The van der Waals surface area contributed by atoms with Crippen LogP contribution in [-0.4, -0.2) is 64.7 Å². The van der Waals surface area contributed by atoms with Crippen LogP contribution in [0.4, 0.5) is 10.5 Å². The van der Waals surface area contributed by atoms with Gasteiger partial charge in [0.1, 0.15) is 0 Å². The van der Waals surface area contributed by atoms with Crippen molar-refractivity contribution < 1.29 is 9.53 Å². The highest BCUT2D eigenvalue weighted by molar-refractivity contribution is 5.76. The number of amides is 2. The van der Waals surface area contributed by atoms with Gasteiger partial charge < -0.3 is 24.4 Å². The van der Waals surface area contributed by atoms with E-state index in [1.54, 1.807) is 6.33 Å². The molecule has 0 spiro atoms. The van der Waals surface area contributed by atoms with E-state index in [9.17, 15) is 10.1 Å². The molecule has 2 aliphatic heterocycles. The summed E-state index contributed by atoms with van der Waals surface area (Å²) in [6.45, 7) is 4.07. The third kappa shape index (κ3) is 4.75. The van der Waals surface area contributed by atoms with Gasteiger partial charge in [-0.15, -0.1) is 0 Å². The van der Waals surface area contributed by atoms with Gasteiger partial charge in [-0.25, -0.2) is 9.78 Å². The van der Waals surface area contributed by atoms with Gasteiger partial charge >= 0.3 is 6.03 Å². The highest BCUT2D eigenvalue weighted by Crippen LogP contribution is 2.31. The predicted octanol–water partition coefficient (Wildman–Crippen LogP) is 3.17. The molecule has 3 aromatic rings. The lowest BCUT2D eigenvalue weighted by atomic mass is 10.0. The smallest absolute Gasteiger partial charge is 0.320 e. The van der Waals surface area contributed by atoms with Gasteiger partial charge in [-0.2, -0.15) is 5.26 Å². The number of carbonyl (C=O) groups excluding carboxylic acids is 1. The normalized spacial score (nSPS) is 18.2. The lowest BCUT2D eigenvalue weighted by molar-refractivity contribution is 0.0386. The van der Waals surface area contributed by atoms with Crippen molar-refractivity contribution in [1.82, 2.24) is 19.8 Å². The molecule has 0 aliphatic carbocycles. The van der Waals surface area contributed by atoms with Crippen LogP contribution in [0.15, 0.2) is 61.1 Å². The van der Waals surface area contributed by atoms with Crippen molar-refractivity contribution in [3.8, 4) is 6.07 Å². The number of imidazole rings is 1. The van der Waals surface area contributed by atoms with E-state index >= 15 is 0 Å². The molecule has 1 saturated heterocycles. The van der Waals surface area contributed by atoms with Crippen LogP contribution in [0.1, 0.15) is 22.4 Å². The summed E-state index contributed by atoms with van der Waals surface area (Å²) in [5.74, 6) is 0. The van der Waals surface area contributed by atoms with E-state index in [0.29, 0.717) is 51.5 Å². The largest absolute Gasteiger partial charge is 0.378 e. The Morgan fingerprint density at radius 2 is 2.00 bits per heavy atom. The molecule has 1 fully saturated rings. The fourth-order valence-electron chi connectivity index (χ4n) is 4.80. The molecule has 174 valence electrons. The number of aromatic amines is 1. The quantitative estimate of drug-likeness (QED) is 0.652. The van der Waals surface area contributed by atoms with Gasteiger partial charge in [0.05, 0.1) is 49.5 Å². The van der Waals surface area contributed by atoms with Crippen molar-refractivity contribution in [3.63, 3.8) is 0 Å². The van der Waals surface area contributed by atoms with Crippen LogP contribution in [-0.2, 0) is 24.2 Å². The number of carbonyl (C=O) groups is 1. The van der Waals surface area contributed by atoms with E-state index in [2.05, 4.69) is 33.1 Å². The fraction of sp³-hybridized carbons (Fsp3) is 0.346. The number of nitriles is 1. The van der Waals surface area contributed by atoms with Crippen LogP contribution in [0.5, 0.6) is 0 Å². The Morgan fingerprint density at radius 1 is 1.18 bits per heavy atom. The zero-order chi connectivity index (χ0) is 23.3. The number of hydrogen-bond acceptors (Lipinski definition) is 5. The van der Waals surface area contributed by atoms with Crippen LogP contribution in [0.3, 0.4) is 0 Å². The minimum atomic E-state index is -0.0430. The number of H-pyrrole nitrogens is 1. The summed E-state index contributed by atoms with van der Waals surface area (Å²) in [4.78, 5) is 27.3. The summed E-state index contributed by atoms with van der Waals surface area (Å²) < 4.78 is 5.48. The number of nitrogens with zero attached hydrogens (tertiary/aromatic N) is 5. The molecule has 3 heterocycles. The Labute approximate surface area is 199 Å². The number of nitrogens with one attached hydrogen (secondary N) is 1. The van der Waals surface area contributed by atoms with Crippen molar-refractivity contribution in [2.24, 2.45) is 0 Å². The van der Waals surface area contributed by atoms with E-state index < -0.39 is 0 Å². The number of ether oxygens (including phenoxy) is 1. The average Bonchev–Trinajstić information content (AvgIpc) is 3.35. The Bertz CT molecular complexity index is 1150. The van der Waals surface area contributed by atoms with Crippen molar-refractivity contribution in [1.29, 1.82) is 5.26 Å². The van der Waals surface area contributed by atoms with E-state index in [1.807, 2.05) is 52.4 Å². The van der Waals surface area contributed by atoms with Crippen LogP contribution in [0.2, 0.25) is 0 Å². The zero-order valence-electron chi connectivity index (χ0n) is 19.1. The molecule has 0 radical (unpaired) electrons. The molecular formula is C26H28N6O2. The molecule has 8 heteroatoms. The molecule has 0 bridgehead atoms. The Balaban J connectivity index is 1.53. The first kappa shape index (κ1) is 22.0. The van der Waals surface area contributed by atoms with Gasteiger partial charge in [0.15, 0.2) is 0 Å². The highest BCUT2D eigenvalue weighted by Gasteiger charge is 2.34. The van der Waals surface area contributed by atoms with Crippen LogP contribution in [0, 0.1) is 11.3 Å². The molecule has 0 saturated carbocycles. The first-order valence-corrected chi connectivity index (χ1v) is 11.6. The van der Waals surface area contributed by atoms with E-state index in [4.69, 9.17) is 4.74 Å². The number of hydrogen-bond donors (Lipinski definition) is 1. The second kappa shape index (κ2) is 9.98.